The second-order valence-electron chi connectivity index (χ2n) is 3.61. The van der Waals surface area contributed by atoms with Crippen molar-refractivity contribution in [2.45, 2.75) is 12.5 Å². The minimum Gasteiger partial charge on any atom is -0.324 e. The van der Waals surface area contributed by atoms with Crippen LogP contribution in [0.15, 0.2) is 43.0 Å². The van der Waals surface area contributed by atoms with E-state index in [9.17, 15) is 4.39 Å². The van der Waals surface area contributed by atoms with Crippen LogP contribution in [-0.4, -0.2) is 9.97 Å². The first-order valence-corrected chi connectivity index (χ1v) is 5.00. The lowest BCUT2D eigenvalue weighted by molar-refractivity contribution is 0.610. The Morgan fingerprint density at radius 3 is 2.81 bits per heavy atom. The van der Waals surface area contributed by atoms with Crippen LogP contribution in [-0.2, 0) is 6.42 Å². The average Bonchev–Trinajstić information content (AvgIpc) is 2.30. The van der Waals surface area contributed by atoms with Gasteiger partial charge in [-0.05, 0) is 29.7 Å². The molecule has 0 aliphatic heterocycles. The van der Waals surface area contributed by atoms with Crippen molar-refractivity contribution in [2.75, 3.05) is 0 Å². The fourth-order valence-corrected chi connectivity index (χ4v) is 1.52. The number of hydrogen-bond donors (Lipinski definition) is 1. The molecule has 0 spiro atoms. The molecule has 0 saturated carbocycles. The van der Waals surface area contributed by atoms with Crippen LogP contribution < -0.4 is 5.73 Å². The van der Waals surface area contributed by atoms with Crippen LogP contribution in [0.2, 0.25) is 0 Å². The van der Waals surface area contributed by atoms with E-state index in [2.05, 4.69) is 9.97 Å². The summed E-state index contributed by atoms with van der Waals surface area (Å²) in [5.74, 6) is -0.362. The fourth-order valence-electron chi connectivity index (χ4n) is 1.52. The molecule has 82 valence electrons. The van der Waals surface area contributed by atoms with E-state index in [1.165, 1.54) is 12.3 Å². The molecule has 0 radical (unpaired) electrons. The number of nitrogens with zero attached hydrogens (tertiary/aromatic N) is 2. The van der Waals surface area contributed by atoms with Gasteiger partial charge >= 0.3 is 0 Å². The van der Waals surface area contributed by atoms with Crippen molar-refractivity contribution in [1.29, 1.82) is 0 Å². The monoisotopic (exact) mass is 217 g/mol. The minimum atomic E-state index is -0.362. The highest BCUT2D eigenvalue weighted by Crippen LogP contribution is 2.15. The molecule has 2 N–H and O–H groups in total. The van der Waals surface area contributed by atoms with Gasteiger partial charge in [0.1, 0.15) is 5.82 Å². The zero-order chi connectivity index (χ0) is 11.4. The van der Waals surface area contributed by atoms with Crippen molar-refractivity contribution in [3.63, 3.8) is 0 Å². The van der Waals surface area contributed by atoms with Gasteiger partial charge in [-0.25, -0.2) is 4.39 Å². The first-order chi connectivity index (χ1) is 7.75. The zero-order valence-electron chi connectivity index (χ0n) is 8.68. The maximum absolute atomic E-state index is 12.9. The van der Waals surface area contributed by atoms with Crippen LogP contribution in [0.5, 0.6) is 0 Å². The Labute approximate surface area is 93.2 Å². The summed E-state index contributed by atoms with van der Waals surface area (Å²) in [6.07, 6.45) is 6.84. The summed E-state index contributed by atoms with van der Waals surface area (Å²) < 4.78 is 12.9. The molecule has 0 fully saturated rings. The summed E-state index contributed by atoms with van der Waals surface area (Å²) >= 11 is 0. The lowest BCUT2D eigenvalue weighted by Gasteiger charge is -2.11. The Morgan fingerprint density at radius 1 is 1.25 bits per heavy atom. The van der Waals surface area contributed by atoms with Crippen LogP contribution in [0.1, 0.15) is 17.2 Å². The van der Waals surface area contributed by atoms with E-state index in [1.54, 1.807) is 18.6 Å². The van der Waals surface area contributed by atoms with E-state index in [0.717, 1.165) is 5.56 Å². The third kappa shape index (κ3) is 2.61. The van der Waals surface area contributed by atoms with Crippen molar-refractivity contribution < 1.29 is 4.39 Å². The van der Waals surface area contributed by atoms with Gasteiger partial charge < -0.3 is 5.73 Å². The highest BCUT2D eigenvalue weighted by Gasteiger charge is 2.08. The second-order valence-corrected chi connectivity index (χ2v) is 3.61. The SMILES string of the molecule is NC(Cc1cccnc1)c1cncc(F)c1. The molecule has 0 aromatic carbocycles. The zero-order valence-corrected chi connectivity index (χ0v) is 8.68. The molecule has 1 unspecified atom stereocenters. The molecule has 2 heterocycles. The van der Waals surface area contributed by atoms with Gasteiger partial charge in [-0.3, -0.25) is 9.97 Å². The lowest BCUT2D eigenvalue weighted by Crippen LogP contribution is -2.14. The van der Waals surface area contributed by atoms with E-state index in [4.69, 9.17) is 5.73 Å². The molecule has 0 aliphatic carbocycles. The first-order valence-electron chi connectivity index (χ1n) is 5.00. The first kappa shape index (κ1) is 10.7. The third-order valence-corrected chi connectivity index (χ3v) is 2.33. The largest absolute Gasteiger partial charge is 0.324 e. The van der Waals surface area contributed by atoms with Gasteiger partial charge in [-0.1, -0.05) is 6.07 Å². The van der Waals surface area contributed by atoms with Gasteiger partial charge in [0, 0.05) is 24.6 Å². The molecule has 0 aliphatic rings. The quantitative estimate of drug-likeness (QED) is 0.853. The lowest BCUT2D eigenvalue weighted by atomic mass is 10.0. The van der Waals surface area contributed by atoms with Gasteiger partial charge in [-0.15, -0.1) is 0 Å². The Balaban J connectivity index is 2.12. The second kappa shape index (κ2) is 4.81. The maximum atomic E-state index is 12.9. The highest BCUT2D eigenvalue weighted by atomic mass is 19.1. The van der Waals surface area contributed by atoms with Crippen LogP contribution in [0, 0.1) is 5.82 Å². The molecule has 0 saturated heterocycles. The van der Waals surface area contributed by atoms with E-state index in [-0.39, 0.29) is 11.9 Å². The number of rotatable bonds is 3. The van der Waals surface area contributed by atoms with Gasteiger partial charge in [-0.2, -0.15) is 0 Å². The third-order valence-electron chi connectivity index (χ3n) is 2.33. The normalized spacial score (nSPS) is 12.4. The van der Waals surface area contributed by atoms with Crippen LogP contribution in [0.25, 0.3) is 0 Å². The molecule has 0 amide bonds. The summed E-state index contributed by atoms with van der Waals surface area (Å²) in [6.45, 7) is 0. The predicted octanol–water partition coefficient (Wildman–Crippen LogP) is 1.86. The molecular weight excluding hydrogens is 205 g/mol. The maximum Gasteiger partial charge on any atom is 0.141 e. The molecule has 2 rings (SSSR count). The molecule has 2 aromatic rings. The van der Waals surface area contributed by atoms with Crippen molar-refractivity contribution in [2.24, 2.45) is 5.73 Å². The van der Waals surface area contributed by atoms with E-state index in [1.807, 2.05) is 12.1 Å². The molecule has 3 nitrogen and oxygen atoms in total. The van der Waals surface area contributed by atoms with E-state index in [0.29, 0.717) is 12.0 Å². The van der Waals surface area contributed by atoms with Gasteiger partial charge in [0.15, 0.2) is 0 Å². The van der Waals surface area contributed by atoms with E-state index >= 15 is 0 Å². The molecule has 0 bridgehead atoms. The number of hydrogen-bond acceptors (Lipinski definition) is 3. The minimum absolute atomic E-state index is 0.257. The summed E-state index contributed by atoms with van der Waals surface area (Å²) in [7, 11) is 0. The summed E-state index contributed by atoms with van der Waals surface area (Å²) in [6, 6.07) is 4.95. The number of halogens is 1. The molecule has 1 atom stereocenters. The van der Waals surface area contributed by atoms with Gasteiger partial charge in [0.25, 0.3) is 0 Å². The van der Waals surface area contributed by atoms with Crippen molar-refractivity contribution >= 4 is 0 Å². The van der Waals surface area contributed by atoms with Gasteiger partial charge in [0.2, 0.25) is 0 Å². The molecule has 16 heavy (non-hydrogen) atoms. The van der Waals surface area contributed by atoms with Crippen LogP contribution >= 0.6 is 0 Å². The van der Waals surface area contributed by atoms with Crippen LogP contribution in [0.3, 0.4) is 0 Å². The summed E-state index contributed by atoms with van der Waals surface area (Å²) in [4.78, 5) is 7.78. The number of pyridine rings is 2. The standard InChI is InChI=1S/C12H12FN3/c13-11-5-10(7-16-8-11)12(14)4-9-2-1-3-15-6-9/h1-3,5-8,12H,4,14H2. The van der Waals surface area contributed by atoms with Crippen molar-refractivity contribution in [1.82, 2.24) is 9.97 Å². The molecule has 2 aromatic heterocycles. The number of aromatic nitrogens is 2. The van der Waals surface area contributed by atoms with Crippen molar-refractivity contribution in [3.05, 3.63) is 59.9 Å². The van der Waals surface area contributed by atoms with Crippen LogP contribution in [0.4, 0.5) is 4.39 Å². The van der Waals surface area contributed by atoms with E-state index < -0.39 is 0 Å². The molecule has 4 heteroatoms. The topological polar surface area (TPSA) is 51.8 Å². The fraction of sp³-hybridized carbons (Fsp3) is 0.167. The smallest absolute Gasteiger partial charge is 0.141 e. The Bertz CT molecular complexity index is 459. The highest BCUT2D eigenvalue weighted by molar-refractivity contribution is 5.19. The Kier molecular flexibility index (Phi) is 3.22. The summed E-state index contributed by atoms with van der Waals surface area (Å²) in [5, 5.41) is 0. The Morgan fingerprint density at radius 2 is 2.12 bits per heavy atom. The Hall–Kier alpha value is -1.81. The summed E-state index contributed by atoms with van der Waals surface area (Å²) in [5.41, 5.74) is 7.69. The number of nitrogens with two attached hydrogens (primary N) is 1. The van der Waals surface area contributed by atoms with Crippen molar-refractivity contribution in [3.8, 4) is 0 Å². The average molecular weight is 217 g/mol. The van der Waals surface area contributed by atoms with Gasteiger partial charge in [0.05, 0.1) is 6.20 Å². The molecular formula is C12H12FN3. The predicted molar refractivity (Wildman–Crippen MR) is 59.1 cm³/mol.